The van der Waals surface area contributed by atoms with Gasteiger partial charge in [0.05, 0.1) is 12.1 Å². The van der Waals surface area contributed by atoms with E-state index in [0.717, 1.165) is 10.9 Å². The number of amides is 3. The minimum absolute atomic E-state index is 0.0498. The third-order valence-electron chi connectivity index (χ3n) is 6.12. The fraction of sp³-hybridized carbons (Fsp3) is 0.500. The fourth-order valence-corrected chi connectivity index (χ4v) is 4.03. The second kappa shape index (κ2) is 14.3. The SMILES string of the molecule is CC(C)CC(NC(=O)C(N)CCC(=O)O)C(=O)NC(C(=O)NC(Cc1c[nH]c2ccccc12)C(=O)O)C(C)O. The number of carbonyl (C=O) groups is 5. The number of nitrogens with one attached hydrogen (secondary N) is 4. The lowest BCUT2D eigenvalue weighted by Gasteiger charge is -2.27. The summed E-state index contributed by atoms with van der Waals surface area (Å²) in [5.41, 5.74) is 7.21. The van der Waals surface area contributed by atoms with Crippen molar-refractivity contribution in [1.29, 1.82) is 0 Å². The van der Waals surface area contributed by atoms with Crippen molar-refractivity contribution in [3.8, 4) is 0 Å². The molecule has 1 aromatic heterocycles. The highest BCUT2D eigenvalue weighted by Crippen LogP contribution is 2.19. The molecule has 1 heterocycles. The molecule has 0 saturated heterocycles. The Morgan fingerprint density at radius 1 is 0.923 bits per heavy atom. The predicted molar refractivity (Wildman–Crippen MR) is 141 cm³/mol. The number of aliphatic hydroxyl groups excluding tert-OH is 1. The number of H-pyrrole nitrogens is 1. The lowest BCUT2D eigenvalue weighted by atomic mass is 10.0. The molecule has 0 saturated carbocycles. The van der Waals surface area contributed by atoms with Crippen LogP contribution in [0.4, 0.5) is 0 Å². The molecule has 1 aromatic carbocycles. The summed E-state index contributed by atoms with van der Waals surface area (Å²) in [6.07, 6.45) is -0.0982. The standard InChI is InChI=1S/C26H37N5O8/c1-13(2)10-19(29-23(35)17(27)8-9-21(33)34)24(36)31-22(14(3)32)25(37)30-20(26(38)39)11-15-12-28-18-7-5-4-6-16(15)18/h4-7,12-14,17,19-20,22,28,32H,8-11,27H2,1-3H3,(H,29,35)(H,30,37)(H,31,36)(H,33,34)(H,38,39). The van der Waals surface area contributed by atoms with Crippen LogP contribution in [0.25, 0.3) is 10.9 Å². The largest absolute Gasteiger partial charge is 0.481 e. The molecule has 2 rings (SSSR count). The van der Waals surface area contributed by atoms with Crippen molar-refractivity contribution in [1.82, 2.24) is 20.9 Å². The van der Waals surface area contributed by atoms with Gasteiger partial charge in [0.1, 0.15) is 18.1 Å². The Morgan fingerprint density at radius 3 is 2.15 bits per heavy atom. The Balaban J connectivity index is 2.13. The third-order valence-corrected chi connectivity index (χ3v) is 6.12. The number of para-hydroxylation sites is 1. The number of hydrogen-bond acceptors (Lipinski definition) is 7. The van der Waals surface area contributed by atoms with E-state index in [1.807, 2.05) is 18.2 Å². The number of carboxylic acid groups (broad SMARTS) is 2. The zero-order valence-corrected chi connectivity index (χ0v) is 22.1. The predicted octanol–water partition coefficient (Wildman–Crippen LogP) is -0.132. The summed E-state index contributed by atoms with van der Waals surface area (Å²) >= 11 is 0. The molecule has 5 atom stereocenters. The number of benzene rings is 1. The van der Waals surface area contributed by atoms with Crippen LogP contribution in [-0.4, -0.2) is 80.2 Å². The molecular formula is C26H37N5O8. The molecule has 0 fully saturated rings. The Labute approximate surface area is 225 Å². The Hall–Kier alpha value is -3.97. The average molecular weight is 548 g/mol. The molecule has 13 nitrogen and oxygen atoms in total. The molecule has 0 radical (unpaired) electrons. The quantitative estimate of drug-likeness (QED) is 0.148. The summed E-state index contributed by atoms with van der Waals surface area (Å²) in [5, 5.41) is 36.8. The van der Waals surface area contributed by atoms with Crippen LogP contribution < -0.4 is 21.7 Å². The van der Waals surface area contributed by atoms with Crippen molar-refractivity contribution in [2.75, 3.05) is 0 Å². The van der Waals surface area contributed by atoms with Crippen molar-refractivity contribution < 1.29 is 39.3 Å². The van der Waals surface area contributed by atoms with Crippen LogP contribution in [0.3, 0.4) is 0 Å². The Morgan fingerprint density at radius 2 is 1.56 bits per heavy atom. The van der Waals surface area contributed by atoms with Crippen LogP contribution in [0.2, 0.25) is 0 Å². The number of aliphatic carboxylic acids is 2. The first-order valence-corrected chi connectivity index (χ1v) is 12.6. The first-order chi connectivity index (χ1) is 18.3. The van der Waals surface area contributed by atoms with Gasteiger partial charge in [0.25, 0.3) is 0 Å². The highest BCUT2D eigenvalue weighted by Gasteiger charge is 2.33. The summed E-state index contributed by atoms with van der Waals surface area (Å²) in [6, 6.07) is 2.10. The van der Waals surface area contributed by atoms with Gasteiger partial charge in [0.2, 0.25) is 17.7 Å². The molecule has 39 heavy (non-hydrogen) atoms. The summed E-state index contributed by atoms with van der Waals surface area (Å²) < 4.78 is 0. The second-order valence-corrected chi connectivity index (χ2v) is 9.92. The van der Waals surface area contributed by atoms with Gasteiger partial charge in [0.15, 0.2) is 0 Å². The lowest BCUT2D eigenvalue weighted by Crippen LogP contribution is -2.60. The van der Waals surface area contributed by atoms with Crippen molar-refractivity contribution in [3.63, 3.8) is 0 Å². The molecular weight excluding hydrogens is 510 g/mol. The van der Waals surface area contributed by atoms with Crippen LogP contribution in [0.1, 0.15) is 45.6 Å². The second-order valence-electron chi connectivity index (χ2n) is 9.92. The van der Waals surface area contributed by atoms with Gasteiger partial charge >= 0.3 is 11.9 Å². The number of aromatic amines is 1. The maximum absolute atomic E-state index is 13.1. The first-order valence-electron chi connectivity index (χ1n) is 12.6. The summed E-state index contributed by atoms with van der Waals surface area (Å²) in [7, 11) is 0. The van der Waals surface area contributed by atoms with E-state index >= 15 is 0 Å². The topological polar surface area (TPSA) is 224 Å². The molecule has 0 aliphatic carbocycles. The number of fused-ring (bicyclic) bond motifs is 1. The average Bonchev–Trinajstić information content (AvgIpc) is 3.26. The monoisotopic (exact) mass is 547 g/mol. The highest BCUT2D eigenvalue weighted by molar-refractivity contribution is 5.94. The molecule has 0 bridgehead atoms. The number of rotatable bonds is 15. The maximum atomic E-state index is 13.1. The molecule has 3 amide bonds. The van der Waals surface area contributed by atoms with Crippen LogP contribution in [0.15, 0.2) is 30.5 Å². The fourth-order valence-electron chi connectivity index (χ4n) is 4.03. The minimum atomic E-state index is -1.52. The van der Waals surface area contributed by atoms with Crippen molar-refractivity contribution in [3.05, 3.63) is 36.0 Å². The van der Waals surface area contributed by atoms with Gasteiger partial charge in [-0.15, -0.1) is 0 Å². The van der Waals surface area contributed by atoms with E-state index in [0.29, 0.717) is 5.56 Å². The Kier molecular flexibility index (Phi) is 11.4. The van der Waals surface area contributed by atoms with E-state index in [4.69, 9.17) is 10.8 Å². The lowest BCUT2D eigenvalue weighted by molar-refractivity contribution is -0.143. The molecule has 2 aromatic rings. The van der Waals surface area contributed by atoms with Crippen molar-refractivity contribution in [2.45, 2.75) is 76.7 Å². The maximum Gasteiger partial charge on any atom is 0.326 e. The smallest absolute Gasteiger partial charge is 0.326 e. The normalized spacial score (nSPS) is 15.1. The number of hydrogen-bond donors (Lipinski definition) is 8. The summed E-state index contributed by atoms with van der Waals surface area (Å²) in [5.74, 6) is -4.93. The van der Waals surface area contributed by atoms with E-state index in [-0.39, 0.29) is 31.6 Å². The van der Waals surface area contributed by atoms with E-state index in [1.165, 1.54) is 6.92 Å². The van der Waals surface area contributed by atoms with E-state index in [2.05, 4.69) is 20.9 Å². The molecule has 214 valence electrons. The van der Waals surface area contributed by atoms with Crippen LogP contribution in [-0.2, 0) is 30.4 Å². The number of nitrogens with two attached hydrogens (primary N) is 1. The van der Waals surface area contributed by atoms with Gasteiger partial charge in [-0.2, -0.15) is 0 Å². The van der Waals surface area contributed by atoms with E-state index < -0.39 is 59.9 Å². The number of aromatic nitrogens is 1. The van der Waals surface area contributed by atoms with Gasteiger partial charge in [-0.1, -0.05) is 32.0 Å². The van der Waals surface area contributed by atoms with Gasteiger partial charge in [-0.05, 0) is 37.3 Å². The molecule has 0 spiro atoms. The molecule has 13 heteroatoms. The van der Waals surface area contributed by atoms with Crippen molar-refractivity contribution >= 4 is 40.6 Å². The van der Waals surface area contributed by atoms with Crippen molar-refractivity contribution in [2.24, 2.45) is 11.7 Å². The van der Waals surface area contributed by atoms with E-state index in [1.54, 1.807) is 26.1 Å². The molecule has 0 aliphatic heterocycles. The zero-order valence-electron chi connectivity index (χ0n) is 22.1. The van der Waals surface area contributed by atoms with E-state index in [9.17, 15) is 34.2 Å². The molecule has 9 N–H and O–H groups in total. The number of carboxylic acids is 2. The first kappa shape index (κ1) is 31.2. The summed E-state index contributed by atoms with van der Waals surface area (Å²) in [4.78, 5) is 64.3. The highest BCUT2D eigenvalue weighted by atomic mass is 16.4. The van der Waals surface area contributed by atoms with Crippen LogP contribution in [0.5, 0.6) is 0 Å². The van der Waals surface area contributed by atoms with Crippen LogP contribution in [0, 0.1) is 5.92 Å². The van der Waals surface area contributed by atoms with Gasteiger partial charge in [-0.3, -0.25) is 19.2 Å². The Bertz CT molecular complexity index is 1180. The van der Waals surface area contributed by atoms with Gasteiger partial charge < -0.3 is 42.0 Å². The molecule has 0 aliphatic rings. The number of aliphatic hydroxyl groups is 1. The third kappa shape index (κ3) is 9.37. The van der Waals surface area contributed by atoms with Gasteiger partial charge in [0, 0.05) is 29.9 Å². The zero-order chi connectivity index (χ0) is 29.3. The van der Waals surface area contributed by atoms with Gasteiger partial charge in [-0.25, -0.2) is 4.79 Å². The molecule has 5 unspecified atom stereocenters. The summed E-state index contributed by atoms with van der Waals surface area (Å²) in [6.45, 7) is 4.87. The minimum Gasteiger partial charge on any atom is -0.481 e. The number of carbonyl (C=O) groups excluding carboxylic acids is 3. The van der Waals surface area contributed by atoms with Crippen LogP contribution >= 0.6 is 0 Å².